The van der Waals surface area contributed by atoms with Gasteiger partial charge in [-0.25, -0.2) is 9.97 Å². The van der Waals surface area contributed by atoms with E-state index in [1.807, 2.05) is 18.3 Å². The molecule has 1 aliphatic rings. The molecule has 1 aliphatic heterocycles. The molecule has 0 saturated carbocycles. The van der Waals surface area contributed by atoms with Crippen LogP contribution in [0.15, 0.2) is 18.3 Å². The van der Waals surface area contributed by atoms with E-state index in [0.29, 0.717) is 6.04 Å². The van der Waals surface area contributed by atoms with Crippen LogP contribution < -0.4 is 0 Å². The fourth-order valence-corrected chi connectivity index (χ4v) is 2.79. The first kappa shape index (κ1) is 10.7. The molecule has 0 N–H and O–H groups in total. The van der Waals surface area contributed by atoms with E-state index < -0.39 is 0 Å². The molecule has 1 fully saturated rings. The lowest BCUT2D eigenvalue weighted by Gasteiger charge is -2.16. The number of imidazole rings is 1. The molecule has 0 aliphatic carbocycles. The van der Waals surface area contributed by atoms with Crippen molar-refractivity contribution in [1.29, 1.82) is 0 Å². The standard InChI is InChI=1S/C13H18N4/c1-3-16-8-6-11(9-16)17-10(2)15-12-5-4-7-14-13(12)17/h4-5,7,11H,3,6,8-9H2,1-2H3. The Bertz CT molecular complexity index is 531. The zero-order valence-corrected chi connectivity index (χ0v) is 10.4. The predicted molar refractivity (Wildman–Crippen MR) is 68.0 cm³/mol. The number of pyridine rings is 1. The van der Waals surface area contributed by atoms with E-state index in [0.717, 1.165) is 30.1 Å². The van der Waals surface area contributed by atoms with Crippen LogP contribution in [-0.2, 0) is 0 Å². The molecule has 2 aromatic rings. The van der Waals surface area contributed by atoms with Crippen molar-refractivity contribution >= 4 is 11.2 Å². The summed E-state index contributed by atoms with van der Waals surface area (Å²) in [6.07, 6.45) is 3.06. The number of likely N-dealkylation sites (tertiary alicyclic amines) is 1. The highest BCUT2D eigenvalue weighted by Gasteiger charge is 2.25. The molecule has 4 nitrogen and oxygen atoms in total. The van der Waals surface area contributed by atoms with Crippen LogP contribution in [-0.4, -0.2) is 39.1 Å². The lowest BCUT2D eigenvalue weighted by atomic mass is 10.2. The lowest BCUT2D eigenvalue weighted by Crippen LogP contribution is -2.21. The van der Waals surface area contributed by atoms with E-state index in [2.05, 4.69) is 33.3 Å². The molecule has 3 heterocycles. The highest BCUT2D eigenvalue weighted by Crippen LogP contribution is 2.26. The van der Waals surface area contributed by atoms with Crippen LogP contribution >= 0.6 is 0 Å². The van der Waals surface area contributed by atoms with Crippen molar-refractivity contribution in [2.75, 3.05) is 19.6 Å². The summed E-state index contributed by atoms with van der Waals surface area (Å²) >= 11 is 0. The van der Waals surface area contributed by atoms with Crippen LogP contribution in [0.3, 0.4) is 0 Å². The molecular weight excluding hydrogens is 212 g/mol. The first-order valence-corrected chi connectivity index (χ1v) is 6.31. The summed E-state index contributed by atoms with van der Waals surface area (Å²) in [5, 5.41) is 0. The van der Waals surface area contributed by atoms with Gasteiger partial charge in [-0.05, 0) is 32.0 Å². The molecule has 17 heavy (non-hydrogen) atoms. The molecule has 1 saturated heterocycles. The molecule has 3 rings (SSSR count). The van der Waals surface area contributed by atoms with Crippen molar-refractivity contribution < 1.29 is 0 Å². The van der Waals surface area contributed by atoms with E-state index in [1.54, 1.807) is 0 Å². The Morgan fingerprint density at radius 3 is 3.12 bits per heavy atom. The van der Waals surface area contributed by atoms with Gasteiger partial charge in [0.1, 0.15) is 11.3 Å². The van der Waals surface area contributed by atoms with Gasteiger partial charge in [-0.3, -0.25) is 0 Å². The minimum absolute atomic E-state index is 0.537. The average Bonchev–Trinajstić information content (AvgIpc) is 2.91. The zero-order chi connectivity index (χ0) is 11.8. The number of rotatable bonds is 2. The summed E-state index contributed by atoms with van der Waals surface area (Å²) in [6, 6.07) is 4.53. The van der Waals surface area contributed by atoms with E-state index in [-0.39, 0.29) is 0 Å². The van der Waals surface area contributed by atoms with Crippen LogP contribution in [0, 0.1) is 6.92 Å². The molecule has 90 valence electrons. The summed E-state index contributed by atoms with van der Waals surface area (Å²) in [5.41, 5.74) is 2.05. The Balaban J connectivity index is 2.02. The van der Waals surface area contributed by atoms with Crippen molar-refractivity contribution in [3.63, 3.8) is 0 Å². The van der Waals surface area contributed by atoms with Crippen molar-refractivity contribution in [2.24, 2.45) is 0 Å². The van der Waals surface area contributed by atoms with Crippen molar-refractivity contribution in [2.45, 2.75) is 26.3 Å². The highest BCUT2D eigenvalue weighted by atomic mass is 15.2. The minimum Gasteiger partial charge on any atom is -0.308 e. The Morgan fingerprint density at radius 2 is 2.35 bits per heavy atom. The molecule has 4 heteroatoms. The number of hydrogen-bond acceptors (Lipinski definition) is 3. The van der Waals surface area contributed by atoms with E-state index in [1.165, 1.54) is 13.0 Å². The molecule has 0 aromatic carbocycles. The van der Waals surface area contributed by atoms with Crippen LogP contribution in [0.25, 0.3) is 11.2 Å². The third-order valence-corrected chi connectivity index (χ3v) is 3.69. The SMILES string of the molecule is CCN1CCC(n2c(C)nc3cccnc32)C1. The molecular formula is C13H18N4. The topological polar surface area (TPSA) is 34.0 Å². The number of likely N-dealkylation sites (N-methyl/N-ethyl adjacent to an activating group) is 1. The van der Waals surface area contributed by atoms with Gasteiger partial charge in [0.2, 0.25) is 0 Å². The fraction of sp³-hybridized carbons (Fsp3) is 0.538. The third kappa shape index (κ3) is 1.72. The molecule has 0 spiro atoms. The van der Waals surface area contributed by atoms with Crippen LogP contribution in [0.4, 0.5) is 0 Å². The van der Waals surface area contributed by atoms with Gasteiger partial charge in [-0.2, -0.15) is 0 Å². The van der Waals surface area contributed by atoms with Gasteiger partial charge in [-0.1, -0.05) is 6.92 Å². The first-order chi connectivity index (χ1) is 8.29. The van der Waals surface area contributed by atoms with Crippen molar-refractivity contribution in [3.05, 3.63) is 24.2 Å². The number of hydrogen-bond donors (Lipinski definition) is 0. The Morgan fingerprint density at radius 1 is 1.47 bits per heavy atom. The van der Waals surface area contributed by atoms with Gasteiger partial charge in [0.15, 0.2) is 5.65 Å². The molecule has 1 atom stereocenters. The summed E-state index contributed by atoms with van der Waals surface area (Å²) in [7, 11) is 0. The van der Waals surface area contributed by atoms with Crippen LogP contribution in [0.5, 0.6) is 0 Å². The number of nitrogens with zero attached hydrogens (tertiary/aromatic N) is 4. The average molecular weight is 230 g/mol. The quantitative estimate of drug-likeness (QED) is 0.791. The first-order valence-electron chi connectivity index (χ1n) is 6.31. The molecule has 0 radical (unpaired) electrons. The zero-order valence-electron chi connectivity index (χ0n) is 10.4. The molecule has 2 aromatic heterocycles. The summed E-state index contributed by atoms with van der Waals surface area (Å²) in [4.78, 5) is 11.6. The molecule has 0 bridgehead atoms. The number of aryl methyl sites for hydroxylation is 1. The Labute approximate surface area is 101 Å². The van der Waals surface area contributed by atoms with Gasteiger partial charge in [-0.15, -0.1) is 0 Å². The lowest BCUT2D eigenvalue weighted by molar-refractivity contribution is 0.341. The van der Waals surface area contributed by atoms with Gasteiger partial charge < -0.3 is 9.47 Å². The van der Waals surface area contributed by atoms with Crippen molar-refractivity contribution in [3.8, 4) is 0 Å². The summed E-state index contributed by atoms with van der Waals surface area (Å²) in [6.45, 7) is 7.75. The number of fused-ring (bicyclic) bond motifs is 1. The normalized spacial score (nSPS) is 21.4. The van der Waals surface area contributed by atoms with Gasteiger partial charge in [0.25, 0.3) is 0 Å². The monoisotopic (exact) mass is 230 g/mol. The Kier molecular flexibility index (Phi) is 2.59. The second-order valence-electron chi connectivity index (χ2n) is 4.71. The number of aromatic nitrogens is 3. The minimum atomic E-state index is 0.537. The predicted octanol–water partition coefficient (Wildman–Crippen LogP) is 2.01. The van der Waals surface area contributed by atoms with Crippen molar-refractivity contribution in [1.82, 2.24) is 19.4 Å². The second-order valence-corrected chi connectivity index (χ2v) is 4.71. The summed E-state index contributed by atoms with van der Waals surface area (Å²) in [5.74, 6) is 1.08. The maximum atomic E-state index is 4.59. The third-order valence-electron chi connectivity index (χ3n) is 3.69. The summed E-state index contributed by atoms with van der Waals surface area (Å²) < 4.78 is 2.31. The fourth-order valence-electron chi connectivity index (χ4n) is 2.79. The van der Waals surface area contributed by atoms with Gasteiger partial charge in [0, 0.05) is 19.3 Å². The highest BCUT2D eigenvalue weighted by molar-refractivity contribution is 5.71. The van der Waals surface area contributed by atoms with E-state index >= 15 is 0 Å². The maximum absolute atomic E-state index is 4.59. The smallest absolute Gasteiger partial charge is 0.160 e. The van der Waals surface area contributed by atoms with E-state index in [4.69, 9.17) is 0 Å². The Hall–Kier alpha value is -1.42. The van der Waals surface area contributed by atoms with E-state index in [9.17, 15) is 0 Å². The van der Waals surface area contributed by atoms with Crippen LogP contribution in [0.1, 0.15) is 25.2 Å². The van der Waals surface area contributed by atoms with Gasteiger partial charge in [0.05, 0.1) is 6.04 Å². The maximum Gasteiger partial charge on any atom is 0.160 e. The van der Waals surface area contributed by atoms with Gasteiger partial charge >= 0.3 is 0 Å². The molecule has 0 amide bonds. The largest absolute Gasteiger partial charge is 0.308 e. The van der Waals surface area contributed by atoms with Crippen LogP contribution in [0.2, 0.25) is 0 Å². The second kappa shape index (κ2) is 4.11. The molecule has 1 unspecified atom stereocenters.